The maximum Gasteiger partial charge on any atom is 0.253 e. The van der Waals surface area contributed by atoms with Gasteiger partial charge in [-0.1, -0.05) is 12.1 Å². The maximum atomic E-state index is 14.1. The van der Waals surface area contributed by atoms with Crippen molar-refractivity contribution >= 4 is 23.1 Å². The number of thiazole rings is 1. The number of halogens is 1. The fraction of sp³-hybridized carbons (Fsp3) is 0.300. The summed E-state index contributed by atoms with van der Waals surface area (Å²) in [6.07, 6.45) is 3.83. The smallest absolute Gasteiger partial charge is 0.253 e. The Morgan fingerprint density at radius 2 is 2.00 bits per heavy atom. The molecule has 1 N–H and O–H groups in total. The Bertz CT molecular complexity index is 1080. The quantitative estimate of drug-likeness (QED) is 0.740. The van der Waals surface area contributed by atoms with E-state index in [4.69, 9.17) is 0 Å². The van der Waals surface area contributed by atoms with E-state index in [1.165, 1.54) is 17.4 Å². The van der Waals surface area contributed by atoms with Crippen molar-refractivity contribution in [3.63, 3.8) is 0 Å². The van der Waals surface area contributed by atoms with E-state index < -0.39 is 0 Å². The number of benzene rings is 1. The SMILES string of the molecule is O=C1Cc2c(-c3nc(-c4ccccc4F)cs3)cnn2C(C2CCNCC2)=N1. The predicted octanol–water partition coefficient (Wildman–Crippen LogP) is 3.14. The third-order valence-corrected chi connectivity index (χ3v) is 6.11. The maximum absolute atomic E-state index is 14.1. The minimum absolute atomic E-state index is 0.145. The standard InChI is InChI=1S/C20H18FN5OS/c21-15-4-2-1-3-13(15)16-11-28-20(24-16)14-10-23-26-17(14)9-18(27)25-19(26)12-5-7-22-8-6-12/h1-4,10-12,22H,5-9H2. The Kier molecular flexibility index (Phi) is 4.37. The second kappa shape index (κ2) is 7.03. The number of hydrogen-bond donors (Lipinski definition) is 1. The Hall–Kier alpha value is -2.71. The van der Waals surface area contributed by atoms with Gasteiger partial charge in [0.05, 0.1) is 29.6 Å². The van der Waals surface area contributed by atoms with Crippen LogP contribution in [-0.2, 0) is 11.2 Å². The topological polar surface area (TPSA) is 72.2 Å². The van der Waals surface area contributed by atoms with Gasteiger partial charge in [-0.15, -0.1) is 11.3 Å². The van der Waals surface area contributed by atoms with Gasteiger partial charge in [0.15, 0.2) is 0 Å². The average Bonchev–Trinajstić information content (AvgIpc) is 3.35. The molecule has 1 saturated heterocycles. The number of amides is 1. The number of carbonyl (C=O) groups excluding carboxylic acids is 1. The minimum atomic E-state index is -0.299. The van der Waals surface area contributed by atoms with Gasteiger partial charge >= 0.3 is 0 Å². The zero-order valence-electron chi connectivity index (χ0n) is 15.1. The molecule has 2 aliphatic heterocycles. The lowest BCUT2D eigenvalue weighted by Crippen LogP contribution is -2.38. The summed E-state index contributed by atoms with van der Waals surface area (Å²) in [5.41, 5.74) is 2.71. The number of nitrogens with zero attached hydrogens (tertiary/aromatic N) is 4. The minimum Gasteiger partial charge on any atom is -0.317 e. The number of aliphatic imine (C=N–C) groups is 1. The van der Waals surface area contributed by atoms with E-state index in [-0.39, 0.29) is 24.1 Å². The van der Waals surface area contributed by atoms with Gasteiger partial charge in [0, 0.05) is 16.9 Å². The summed E-state index contributed by atoms with van der Waals surface area (Å²) in [7, 11) is 0. The van der Waals surface area contributed by atoms with Gasteiger partial charge in [0.1, 0.15) is 16.7 Å². The normalized spacial score (nSPS) is 17.5. The molecule has 0 saturated carbocycles. The van der Waals surface area contributed by atoms with E-state index in [1.54, 1.807) is 24.4 Å². The van der Waals surface area contributed by atoms with Crippen molar-refractivity contribution in [1.29, 1.82) is 0 Å². The van der Waals surface area contributed by atoms with E-state index in [9.17, 15) is 9.18 Å². The number of nitrogens with one attached hydrogen (secondary N) is 1. The molecule has 4 heterocycles. The highest BCUT2D eigenvalue weighted by Gasteiger charge is 2.30. The van der Waals surface area contributed by atoms with Crippen molar-refractivity contribution in [2.75, 3.05) is 13.1 Å². The zero-order valence-corrected chi connectivity index (χ0v) is 15.9. The Morgan fingerprint density at radius 1 is 1.18 bits per heavy atom. The van der Waals surface area contributed by atoms with Crippen LogP contribution in [0.5, 0.6) is 0 Å². The van der Waals surface area contributed by atoms with Gasteiger partial charge in [-0.25, -0.2) is 14.1 Å². The van der Waals surface area contributed by atoms with Crippen LogP contribution in [0.3, 0.4) is 0 Å². The van der Waals surface area contributed by atoms with Gasteiger partial charge in [0.25, 0.3) is 5.91 Å². The highest BCUT2D eigenvalue weighted by atomic mass is 32.1. The molecule has 0 aliphatic carbocycles. The van der Waals surface area contributed by atoms with Crippen molar-refractivity contribution in [1.82, 2.24) is 20.1 Å². The van der Waals surface area contributed by atoms with Crippen LogP contribution in [-0.4, -0.2) is 39.6 Å². The second-order valence-corrected chi connectivity index (χ2v) is 7.86. The molecule has 3 aromatic rings. The number of rotatable bonds is 3. The van der Waals surface area contributed by atoms with Gasteiger partial charge in [-0.05, 0) is 38.1 Å². The molecule has 1 fully saturated rings. The largest absolute Gasteiger partial charge is 0.317 e. The van der Waals surface area contributed by atoms with Crippen LogP contribution in [0, 0.1) is 11.7 Å². The molecule has 28 heavy (non-hydrogen) atoms. The summed E-state index contributed by atoms with van der Waals surface area (Å²) in [6, 6.07) is 6.59. The van der Waals surface area contributed by atoms with Crippen molar-refractivity contribution in [2.45, 2.75) is 19.3 Å². The first-order chi connectivity index (χ1) is 13.7. The lowest BCUT2D eigenvalue weighted by Gasteiger charge is -2.26. The van der Waals surface area contributed by atoms with Crippen LogP contribution in [0.15, 0.2) is 40.8 Å². The van der Waals surface area contributed by atoms with Gasteiger partial charge < -0.3 is 5.32 Å². The number of aromatic nitrogens is 3. The van der Waals surface area contributed by atoms with Crippen molar-refractivity contribution < 1.29 is 9.18 Å². The highest BCUT2D eigenvalue weighted by molar-refractivity contribution is 7.13. The summed E-state index contributed by atoms with van der Waals surface area (Å²) in [4.78, 5) is 21.2. The summed E-state index contributed by atoms with van der Waals surface area (Å²) in [6.45, 7) is 1.83. The first kappa shape index (κ1) is 17.4. The summed E-state index contributed by atoms with van der Waals surface area (Å²) >= 11 is 1.43. The fourth-order valence-electron chi connectivity index (χ4n) is 3.81. The first-order valence-corrected chi connectivity index (χ1v) is 10.2. The van der Waals surface area contributed by atoms with Crippen molar-refractivity contribution in [3.05, 3.63) is 47.4 Å². The molecule has 2 aliphatic rings. The molecule has 8 heteroatoms. The predicted molar refractivity (Wildman–Crippen MR) is 106 cm³/mol. The molecule has 0 bridgehead atoms. The van der Waals surface area contributed by atoms with Crippen molar-refractivity contribution in [2.24, 2.45) is 10.9 Å². The van der Waals surface area contributed by atoms with Crippen molar-refractivity contribution in [3.8, 4) is 21.8 Å². The number of fused-ring (bicyclic) bond motifs is 1. The Balaban J connectivity index is 1.52. The van der Waals surface area contributed by atoms with Crippen LogP contribution >= 0.6 is 11.3 Å². The number of piperidine rings is 1. The average molecular weight is 395 g/mol. The molecule has 6 nitrogen and oxygen atoms in total. The summed E-state index contributed by atoms with van der Waals surface area (Å²) < 4.78 is 15.9. The molecular formula is C20H18FN5OS. The van der Waals surface area contributed by atoms with Crippen LogP contribution in [0.25, 0.3) is 21.8 Å². The Morgan fingerprint density at radius 3 is 2.82 bits per heavy atom. The van der Waals surface area contributed by atoms with Crippen LogP contribution in [0.4, 0.5) is 4.39 Å². The second-order valence-electron chi connectivity index (χ2n) is 7.00. The molecular weight excluding hydrogens is 377 g/mol. The highest BCUT2D eigenvalue weighted by Crippen LogP contribution is 2.33. The Labute approximate surface area is 165 Å². The molecule has 0 atom stereocenters. The molecule has 1 amide bonds. The molecule has 5 rings (SSSR count). The van der Waals surface area contributed by atoms with E-state index in [0.29, 0.717) is 11.3 Å². The molecule has 0 radical (unpaired) electrons. The molecule has 0 unspecified atom stereocenters. The molecule has 2 aromatic heterocycles. The van der Waals surface area contributed by atoms with E-state index in [0.717, 1.165) is 48.0 Å². The van der Waals surface area contributed by atoms with Crippen LogP contribution in [0.2, 0.25) is 0 Å². The van der Waals surface area contributed by atoms with Crippen LogP contribution < -0.4 is 5.32 Å². The van der Waals surface area contributed by atoms with Crippen LogP contribution in [0.1, 0.15) is 18.5 Å². The number of carbonyl (C=O) groups is 1. The third-order valence-electron chi connectivity index (χ3n) is 5.23. The van der Waals surface area contributed by atoms with Gasteiger partial charge in [0.2, 0.25) is 0 Å². The monoisotopic (exact) mass is 395 g/mol. The zero-order chi connectivity index (χ0) is 19.1. The lowest BCUT2D eigenvalue weighted by atomic mass is 9.95. The van der Waals surface area contributed by atoms with Gasteiger partial charge in [-0.3, -0.25) is 4.79 Å². The number of hydrogen-bond acceptors (Lipinski definition) is 5. The molecule has 142 valence electrons. The summed E-state index contributed by atoms with van der Waals surface area (Å²) in [5.74, 6) is 0.521. The van der Waals surface area contributed by atoms with E-state index in [1.807, 2.05) is 10.1 Å². The third kappa shape index (κ3) is 2.98. The van der Waals surface area contributed by atoms with E-state index >= 15 is 0 Å². The lowest BCUT2D eigenvalue weighted by molar-refractivity contribution is -0.117. The summed E-state index contributed by atoms with van der Waals surface area (Å²) in [5, 5.41) is 10.4. The molecule has 0 spiro atoms. The molecule has 1 aromatic carbocycles. The van der Waals surface area contributed by atoms with Gasteiger partial charge in [-0.2, -0.15) is 10.1 Å². The first-order valence-electron chi connectivity index (χ1n) is 9.31. The van der Waals surface area contributed by atoms with E-state index in [2.05, 4.69) is 20.4 Å². The fourth-order valence-corrected chi connectivity index (χ4v) is 4.66.